The Hall–Kier alpha value is -0.130. The van der Waals surface area contributed by atoms with E-state index in [1.54, 1.807) is 11.3 Å². The van der Waals surface area contributed by atoms with Crippen LogP contribution in [-0.2, 0) is 0 Å². The summed E-state index contributed by atoms with van der Waals surface area (Å²) in [6.07, 6.45) is 0.323. The summed E-state index contributed by atoms with van der Waals surface area (Å²) in [6, 6.07) is 0. The number of hydrogen-bond donors (Lipinski definition) is 1. The lowest BCUT2D eigenvalue weighted by Gasteiger charge is -2.26. The predicted molar refractivity (Wildman–Crippen MR) is 47.1 cm³/mol. The molecule has 1 aliphatic heterocycles. The average Bonchev–Trinajstić information content (AvgIpc) is 2.27. The highest BCUT2D eigenvalue weighted by molar-refractivity contribution is 9.11. The van der Waals surface area contributed by atoms with Crippen LogP contribution >= 0.6 is 27.3 Å². The van der Waals surface area contributed by atoms with Crippen molar-refractivity contribution < 1.29 is 4.74 Å². The molecule has 1 aromatic heterocycles. The molecule has 1 aromatic rings. The molecule has 0 unspecified atom stereocenters. The lowest BCUT2D eigenvalue weighted by molar-refractivity contribution is 0.137. The van der Waals surface area contributed by atoms with Crippen LogP contribution in [0.3, 0.4) is 0 Å². The first-order valence-corrected chi connectivity index (χ1v) is 5.00. The summed E-state index contributed by atoms with van der Waals surface area (Å²) in [4.78, 5) is 4.12. The second-order valence-corrected chi connectivity index (χ2v) is 4.47. The fraction of sp³-hybridized carbons (Fsp3) is 0.500. The Kier molecular flexibility index (Phi) is 2.11. The number of thiazole rings is 1. The molecular formula is C6H7BrN2OS. The molecule has 0 radical (unpaired) electrons. The first-order chi connectivity index (χ1) is 5.34. The van der Waals surface area contributed by atoms with Crippen LogP contribution in [0, 0.1) is 0 Å². The lowest BCUT2D eigenvalue weighted by Crippen LogP contribution is -2.50. The summed E-state index contributed by atoms with van der Waals surface area (Å²) in [5, 5.41) is 5.03. The fourth-order valence-corrected chi connectivity index (χ4v) is 1.71. The van der Waals surface area contributed by atoms with Gasteiger partial charge in [0.05, 0.1) is 5.38 Å². The minimum atomic E-state index is 0.323. The van der Waals surface area contributed by atoms with Crippen LogP contribution < -0.4 is 10.1 Å². The van der Waals surface area contributed by atoms with Crippen LogP contribution in [0.15, 0.2) is 9.30 Å². The highest BCUT2D eigenvalue weighted by Gasteiger charge is 2.19. The third kappa shape index (κ3) is 1.72. The van der Waals surface area contributed by atoms with Crippen LogP contribution in [-0.4, -0.2) is 24.2 Å². The van der Waals surface area contributed by atoms with Crippen molar-refractivity contribution in [2.45, 2.75) is 6.10 Å². The standard InChI is InChI=1S/C6H7BrN2OS/c7-6-9-5(3-11-6)10-4-1-8-2-4/h3-4,8H,1-2H2. The van der Waals surface area contributed by atoms with Gasteiger partial charge in [-0.3, -0.25) is 0 Å². The largest absolute Gasteiger partial charge is 0.471 e. The summed E-state index contributed by atoms with van der Waals surface area (Å²) in [5.74, 6) is 0.730. The number of rotatable bonds is 2. The first kappa shape index (κ1) is 7.52. The van der Waals surface area contributed by atoms with Crippen LogP contribution in [0.25, 0.3) is 0 Å². The molecule has 60 valence electrons. The average molecular weight is 235 g/mol. The van der Waals surface area contributed by atoms with Crippen molar-refractivity contribution in [1.29, 1.82) is 0 Å². The predicted octanol–water partition coefficient (Wildman–Crippen LogP) is 1.26. The van der Waals surface area contributed by atoms with E-state index in [1.807, 2.05) is 5.38 Å². The van der Waals surface area contributed by atoms with Gasteiger partial charge in [-0.1, -0.05) is 0 Å². The summed E-state index contributed by atoms with van der Waals surface area (Å²) >= 11 is 4.81. The third-order valence-electron chi connectivity index (χ3n) is 1.49. The maximum atomic E-state index is 5.48. The molecule has 1 saturated heterocycles. The van der Waals surface area contributed by atoms with Crippen LogP contribution in [0.5, 0.6) is 5.88 Å². The molecule has 2 rings (SSSR count). The van der Waals surface area contributed by atoms with Crippen molar-refractivity contribution in [2.24, 2.45) is 0 Å². The number of nitrogens with one attached hydrogen (secondary N) is 1. The molecule has 11 heavy (non-hydrogen) atoms. The number of halogens is 1. The monoisotopic (exact) mass is 234 g/mol. The van der Waals surface area contributed by atoms with Crippen molar-refractivity contribution >= 4 is 27.3 Å². The molecule has 5 heteroatoms. The second kappa shape index (κ2) is 3.08. The van der Waals surface area contributed by atoms with Gasteiger partial charge < -0.3 is 10.1 Å². The van der Waals surface area contributed by atoms with E-state index in [-0.39, 0.29) is 0 Å². The molecular weight excluding hydrogens is 228 g/mol. The van der Waals surface area contributed by atoms with Gasteiger partial charge in [-0.2, -0.15) is 4.98 Å². The summed E-state index contributed by atoms with van der Waals surface area (Å²) < 4.78 is 6.35. The molecule has 1 N–H and O–H groups in total. The van der Waals surface area contributed by atoms with Gasteiger partial charge in [-0.25, -0.2) is 0 Å². The van der Waals surface area contributed by atoms with Crippen molar-refractivity contribution in [3.8, 4) is 5.88 Å². The molecule has 0 aliphatic carbocycles. The molecule has 2 heterocycles. The molecule has 0 aromatic carbocycles. The fourth-order valence-electron chi connectivity index (χ4n) is 0.809. The molecule has 0 spiro atoms. The van der Waals surface area contributed by atoms with Crippen molar-refractivity contribution in [3.05, 3.63) is 9.30 Å². The molecule has 1 aliphatic rings. The van der Waals surface area contributed by atoms with Gasteiger partial charge in [0, 0.05) is 13.1 Å². The smallest absolute Gasteiger partial charge is 0.225 e. The highest BCUT2D eigenvalue weighted by atomic mass is 79.9. The summed E-state index contributed by atoms with van der Waals surface area (Å²) in [6.45, 7) is 1.88. The van der Waals surface area contributed by atoms with Gasteiger partial charge >= 0.3 is 0 Å². The maximum absolute atomic E-state index is 5.48. The normalized spacial score (nSPS) is 17.9. The zero-order valence-electron chi connectivity index (χ0n) is 5.71. The third-order valence-corrected chi connectivity index (χ3v) is 2.83. The SMILES string of the molecule is Brc1nc(OC2CNC2)cs1. The summed E-state index contributed by atoms with van der Waals surface area (Å²) in [5.41, 5.74) is 0. The number of aromatic nitrogens is 1. The van der Waals surface area contributed by atoms with E-state index in [0.717, 1.165) is 22.9 Å². The Morgan fingerprint density at radius 3 is 3.00 bits per heavy atom. The van der Waals surface area contributed by atoms with Crippen LogP contribution in [0.4, 0.5) is 0 Å². The zero-order valence-corrected chi connectivity index (χ0v) is 8.11. The Balaban J connectivity index is 1.95. The second-order valence-electron chi connectivity index (χ2n) is 2.34. The minimum Gasteiger partial charge on any atom is -0.471 e. The van der Waals surface area contributed by atoms with Gasteiger partial charge in [0.15, 0.2) is 3.92 Å². The van der Waals surface area contributed by atoms with E-state index < -0.39 is 0 Å². The highest BCUT2D eigenvalue weighted by Crippen LogP contribution is 2.22. The number of nitrogens with zero attached hydrogens (tertiary/aromatic N) is 1. The van der Waals surface area contributed by atoms with E-state index in [0.29, 0.717) is 6.10 Å². The zero-order chi connectivity index (χ0) is 7.68. The maximum Gasteiger partial charge on any atom is 0.225 e. The van der Waals surface area contributed by atoms with E-state index in [9.17, 15) is 0 Å². The first-order valence-electron chi connectivity index (χ1n) is 3.33. The van der Waals surface area contributed by atoms with Crippen molar-refractivity contribution in [1.82, 2.24) is 10.3 Å². The van der Waals surface area contributed by atoms with Gasteiger partial charge in [-0.05, 0) is 15.9 Å². The quantitative estimate of drug-likeness (QED) is 0.837. The van der Waals surface area contributed by atoms with E-state index >= 15 is 0 Å². The molecule has 0 bridgehead atoms. The number of ether oxygens (including phenoxy) is 1. The minimum absolute atomic E-state index is 0.323. The lowest BCUT2D eigenvalue weighted by atomic mass is 10.2. The summed E-state index contributed by atoms with van der Waals surface area (Å²) in [7, 11) is 0. The van der Waals surface area contributed by atoms with Gasteiger partial charge in [-0.15, -0.1) is 11.3 Å². The molecule has 0 saturated carbocycles. The Morgan fingerprint density at radius 2 is 2.55 bits per heavy atom. The molecule has 0 amide bonds. The van der Waals surface area contributed by atoms with Crippen molar-refractivity contribution in [3.63, 3.8) is 0 Å². The molecule has 1 fully saturated rings. The Bertz CT molecular complexity index is 248. The van der Waals surface area contributed by atoms with Gasteiger partial charge in [0.25, 0.3) is 0 Å². The van der Waals surface area contributed by atoms with Crippen molar-refractivity contribution in [2.75, 3.05) is 13.1 Å². The van der Waals surface area contributed by atoms with Crippen LogP contribution in [0.2, 0.25) is 0 Å². The molecule has 3 nitrogen and oxygen atoms in total. The van der Waals surface area contributed by atoms with E-state index in [1.165, 1.54) is 0 Å². The topological polar surface area (TPSA) is 34.1 Å². The van der Waals surface area contributed by atoms with Gasteiger partial charge in [0.1, 0.15) is 6.10 Å². The Labute approximate surface area is 76.9 Å². The molecule has 0 atom stereocenters. The Morgan fingerprint density at radius 1 is 1.73 bits per heavy atom. The van der Waals surface area contributed by atoms with E-state index in [2.05, 4.69) is 26.2 Å². The van der Waals surface area contributed by atoms with Gasteiger partial charge in [0.2, 0.25) is 5.88 Å². The van der Waals surface area contributed by atoms with Crippen LogP contribution in [0.1, 0.15) is 0 Å². The van der Waals surface area contributed by atoms with E-state index in [4.69, 9.17) is 4.74 Å². The number of hydrogen-bond acceptors (Lipinski definition) is 4.